The Bertz CT molecular complexity index is 582. The van der Waals surface area contributed by atoms with Crippen molar-refractivity contribution in [2.24, 2.45) is 0 Å². The van der Waals surface area contributed by atoms with E-state index in [2.05, 4.69) is 0 Å². The second kappa shape index (κ2) is 5.84. The second-order valence-corrected chi connectivity index (χ2v) is 5.94. The van der Waals surface area contributed by atoms with Gasteiger partial charge in [-0.05, 0) is 32.4 Å². The predicted molar refractivity (Wildman–Crippen MR) is 79.9 cm³/mol. The molecule has 1 atom stereocenters. The summed E-state index contributed by atoms with van der Waals surface area (Å²) >= 11 is 12.2. The van der Waals surface area contributed by atoms with Crippen LogP contribution in [0.2, 0.25) is 10.0 Å². The van der Waals surface area contributed by atoms with Gasteiger partial charge in [-0.15, -0.1) is 0 Å². The summed E-state index contributed by atoms with van der Waals surface area (Å²) in [5.74, 6) is 0. The van der Waals surface area contributed by atoms with Gasteiger partial charge in [0.05, 0.1) is 15.6 Å². The molecule has 4 heteroatoms. The molecule has 0 amide bonds. The molecule has 0 spiro atoms. The van der Waals surface area contributed by atoms with E-state index >= 15 is 0 Å². The topological polar surface area (TPSA) is 17.1 Å². The van der Waals surface area contributed by atoms with E-state index in [1.807, 2.05) is 43.3 Å². The number of benzene rings is 2. The van der Waals surface area contributed by atoms with Crippen LogP contribution in [0, 0.1) is 6.92 Å². The maximum atomic E-state index is 12.3. The Morgan fingerprint density at radius 2 is 1.72 bits per heavy atom. The van der Waals surface area contributed by atoms with Gasteiger partial charge in [-0.3, -0.25) is 4.79 Å². The molecule has 1 unspecified atom stereocenters. The van der Waals surface area contributed by atoms with Crippen LogP contribution in [-0.4, -0.2) is 5.52 Å². The first-order valence-corrected chi connectivity index (χ1v) is 7.16. The van der Waals surface area contributed by atoms with Crippen molar-refractivity contribution in [3.63, 3.8) is 0 Å². The maximum absolute atomic E-state index is 12.3. The summed E-state index contributed by atoms with van der Waals surface area (Å²) in [6.07, 6.45) is 0. The zero-order valence-corrected chi connectivity index (χ0v) is 12.2. The third kappa shape index (κ3) is 2.92. The summed E-state index contributed by atoms with van der Waals surface area (Å²) in [5.41, 5.74) is 1.27. The van der Waals surface area contributed by atoms with Crippen LogP contribution in [0.1, 0.15) is 15.9 Å². The van der Waals surface area contributed by atoms with Crippen molar-refractivity contribution in [1.29, 1.82) is 0 Å². The SMILES string of the molecule is Cc1ccc(Cl)c(C(=O)Pc2ccccc2)c1Cl. The Hall–Kier alpha value is -0.880. The zero-order chi connectivity index (χ0) is 13.1. The van der Waals surface area contributed by atoms with Crippen molar-refractivity contribution >= 4 is 42.6 Å². The lowest BCUT2D eigenvalue weighted by atomic mass is 10.1. The normalized spacial score (nSPS) is 11.1. The number of carbonyl (C=O) groups excluding carboxylic acids is 1. The number of carbonyl (C=O) groups is 1. The average Bonchev–Trinajstić information content (AvgIpc) is 2.36. The van der Waals surface area contributed by atoms with Gasteiger partial charge in [-0.25, -0.2) is 0 Å². The van der Waals surface area contributed by atoms with E-state index < -0.39 is 0 Å². The number of aryl methyl sites for hydroxylation is 1. The van der Waals surface area contributed by atoms with Crippen molar-refractivity contribution < 1.29 is 4.79 Å². The van der Waals surface area contributed by atoms with Crippen LogP contribution in [0.15, 0.2) is 42.5 Å². The smallest absolute Gasteiger partial charge is 0.188 e. The fourth-order valence-electron chi connectivity index (χ4n) is 1.58. The molecule has 0 saturated carbocycles. The molecule has 92 valence electrons. The molecule has 2 aromatic rings. The van der Waals surface area contributed by atoms with E-state index in [9.17, 15) is 4.79 Å². The van der Waals surface area contributed by atoms with Crippen molar-refractivity contribution in [3.05, 3.63) is 63.6 Å². The monoisotopic (exact) mass is 296 g/mol. The van der Waals surface area contributed by atoms with Crippen LogP contribution in [0.25, 0.3) is 0 Å². The minimum absolute atomic E-state index is 0.0279. The molecule has 0 fully saturated rings. The molecule has 0 aliphatic heterocycles. The molecule has 0 bridgehead atoms. The van der Waals surface area contributed by atoms with Gasteiger partial charge in [0.15, 0.2) is 5.52 Å². The fraction of sp³-hybridized carbons (Fsp3) is 0.0714. The standard InChI is InChI=1S/C14H11Cl2OP/c1-9-7-8-11(15)12(13(9)16)14(17)18-10-5-3-2-4-6-10/h2-8,18H,1H3. The summed E-state index contributed by atoms with van der Waals surface area (Å²) in [6.45, 7) is 1.86. The van der Waals surface area contributed by atoms with Crippen LogP contribution in [0.4, 0.5) is 0 Å². The highest BCUT2D eigenvalue weighted by molar-refractivity contribution is 7.66. The molecule has 18 heavy (non-hydrogen) atoms. The van der Waals surface area contributed by atoms with E-state index in [0.29, 0.717) is 15.6 Å². The average molecular weight is 297 g/mol. The minimum atomic E-state index is -0.0279. The number of hydrogen-bond donors (Lipinski definition) is 0. The molecular formula is C14H11Cl2OP. The number of hydrogen-bond acceptors (Lipinski definition) is 1. The van der Waals surface area contributed by atoms with E-state index in [4.69, 9.17) is 23.2 Å². The molecule has 0 heterocycles. The van der Waals surface area contributed by atoms with E-state index in [1.54, 1.807) is 6.07 Å². The van der Waals surface area contributed by atoms with Gasteiger partial charge in [0.25, 0.3) is 0 Å². The molecule has 0 aliphatic carbocycles. The molecule has 0 radical (unpaired) electrons. The molecule has 2 aromatic carbocycles. The van der Waals surface area contributed by atoms with E-state index in [1.165, 1.54) is 0 Å². The van der Waals surface area contributed by atoms with Crippen LogP contribution in [0.3, 0.4) is 0 Å². The van der Waals surface area contributed by atoms with Gasteiger partial charge < -0.3 is 0 Å². The van der Waals surface area contributed by atoms with Crippen molar-refractivity contribution in [1.82, 2.24) is 0 Å². The van der Waals surface area contributed by atoms with E-state index in [-0.39, 0.29) is 14.1 Å². The molecular weight excluding hydrogens is 286 g/mol. The Balaban J connectivity index is 2.33. The highest BCUT2D eigenvalue weighted by Crippen LogP contribution is 2.32. The van der Waals surface area contributed by atoms with Gasteiger partial charge in [-0.1, -0.05) is 59.6 Å². The fourth-order valence-corrected chi connectivity index (χ4v) is 3.29. The Labute approximate surface area is 118 Å². The maximum Gasteiger partial charge on any atom is 0.188 e. The highest BCUT2D eigenvalue weighted by Gasteiger charge is 2.16. The largest absolute Gasteiger partial charge is 0.289 e. The zero-order valence-electron chi connectivity index (χ0n) is 9.71. The molecule has 2 rings (SSSR count). The van der Waals surface area contributed by atoms with Crippen LogP contribution < -0.4 is 5.30 Å². The minimum Gasteiger partial charge on any atom is -0.289 e. The first kappa shape index (κ1) is 13.5. The summed E-state index contributed by atoms with van der Waals surface area (Å²) in [5, 5.41) is 1.85. The van der Waals surface area contributed by atoms with Gasteiger partial charge >= 0.3 is 0 Å². The third-order valence-electron chi connectivity index (χ3n) is 2.54. The molecule has 0 aliphatic rings. The predicted octanol–water partition coefficient (Wildman–Crippen LogP) is 4.45. The molecule has 1 nitrogen and oxygen atoms in total. The quantitative estimate of drug-likeness (QED) is 0.765. The highest BCUT2D eigenvalue weighted by atomic mass is 35.5. The Kier molecular flexibility index (Phi) is 4.40. The van der Waals surface area contributed by atoms with Gasteiger partial charge in [-0.2, -0.15) is 0 Å². The van der Waals surface area contributed by atoms with Crippen LogP contribution in [0.5, 0.6) is 0 Å². The lowest BCUT2D eigenvalue weighted by Crippen LogP contribution is -2.02. The Morgan fingerprint density at radius 3 is 2.39 bits per heavy atom. The molecule has 0 aromatic heterocycles. The second-order valence-electron chi connectivity index (χ2n) is 3.87. The summed E-state index contributed by atoms with van der Waals surface area (Å²) in [7, 11) is 0.0370. The molecule has 0 saturated heterocycles. The van der Waals surface area contributed by atoms with Crippen molar-refractivity contribution in [2.75, 3.05) is 0 Å². The summed E-state index contributed by atoms with van der Waals surface area (Å²) in [4.78, 5) is 12.3. The Morgan fingerprint density at radius 1 is 1.06 bits per heavy atom. The first-order valence-electron chi connectivity index (χ1n) is 5.40. The van der Waals surface area contributed by atoms with Gasteiger partial charge in [0.2, 0.25) is 0 Å². The van der Waals surface area contributed by atoms with E-state index in [0.717, 1.165) is 10.9 Å². The summed E-state index contributed by atoms with van der Waals surface area (Å²) < 4.78 is 0. The molecule has 0 N–H and O–H groups in total. The van der Waals surface area contributed by atoms with Crippen molar-refractivity contribution in [3.8, 4) is 0 Å². The van der Waals surface area contributed by atoms with Crippen molar-refractivity contribution in [2.45, 2.75) is 6.92 Å². The number of halogens is 2. The number of rotatable bonds is 3. The van der Waals surface area contributed by atoms with Gasteiger partial charge in [0.1, 0.15) is 0 Å². The third-order valence-corrected chi connectivity index (χ3v) is 4.44. The van der Waals surface area contributed by atoms with Gasteiger partial charge in [0, 0.05) is 0 Å². The first-order chi connectivity index (χ1) is 8.59. The van der Waals surface area contributed by atoms with Crippen LogP contribution >= 0.6 is 31.8 Å². The lowest BCUT2D eigenvalue weighted by Gasteiger charge is -2.08. The van der Waals surface area contributed by atoms with Crippen LogP contribution in [-0.2, 0) is 0 Å². The lowest BCUT2D eigenvalue weighted by molar-refractivity contribution is 0.108. The summed E-state index contributed by atoms with van der Waals surface area (Å²) in [6, 6.07) is 13.1.